The first-order valence-electron chi connectivity index (χ1n) is 4.92. The van der Waals surface area contributed by atoms with Crippen molar-refractivity contribution in [1.29, 1.82) is 0 Å². The highest BCUT2D eigenvalue weighted by Crippen LogP contribution is 2.25. The molecular weight excluding hydrogens is 205 g/mol. The van der Waals surface area contributed by atoms with E-state index in [4.69, 9.17) is 5.73 Å². The zero-order chi connectivity index (χ0) is 11.7. The number of anilines is 1. The van der Waals surface area contributed by atoms with E-state index in [0.717, 1.165) is 11.1 Å². The fourth-order valence-electron chi connectivity index (χ4n) is 1.71. The Balaban J connectivity index is 2.60. The van der Waals surface area contributed by atoms with E-state index in [1.54, 1.807) is 0 Å². The normalized spacial score (nSPS) is 10.4. The van der Waals surface area contributed by atoms with Crippen LogP contribution in [-0.2, 0) is 0 Å². The maximum Gasteiger partial charge on any atom is 0.141 e. The topological polar surface area (TPSA) is 51.8 Å². The van der Waals surface area contributed by atoms with Crippen molar-refractivity contribution in [2.75, 3.05) is 5.73 Å². The molecule has 1 aromatic heterocycles. The van der Waals surface area contributed by atoms with Crippen LogP contribution in [-0.4, -0.2) is 9.97 Å². The molecule has 3 nitrogen and oxygen atoms in total. The van der Waals surface area contributed by atoms with Gasteiger partial charge in [0.2, 0.25) is 0 Å². The molecule has 0 aliphatic carbocycles. The number of hydrogen-bond donors (Lipinski definition) is 1. The summed E-state index contributed by atoms with van der Waals surface area (Å²) in [5.41, 5.74) is 8.16. The summed E-state index contributed by atoms with van der Waals surface area (Å²) in [6.45, 7) is 3.71. The van der Waals surface area contributed by atoms with Crippen LogP contribution in [0.25, 0.3) is 11.3 Å². The molecule has 0 fully saturated rings. The lowest BCUT2D eigenvalue weighted by Gasteiger charge is -2.07. The minimum absolute atomic E-state index is 0.281. The Bertz CT molecular complexity index is 497. The van der Waals surface area contributed by atoms with E-state index >= 15 is 0 Å². The largest absolute Gasteiger partial charge is 0.382 e. The minimum Gasteiger partial charge on any atom is -0.382 e. The highest BCUT2D eigenvalue weighted by atomic mass is 19.1. The van der Waals surface area contributed by atoms with Crippen molar-refractivity contribution in [2.24, 2.45) is 0 Å². The molecule has 0 amide bonds. The molecule has 0 aliphatic rings. The van der Waals surface area contributed by atoms with Gasteiger partial charge in [0.05, 0.1) is 18.1 Å². The van der Waals surface area contributed by atoms with Crippen molar-refractivity contribution in [3.8, 4) is 11.3 Å². The van der Waals surface area contributed by atoms with Gasteiger partial charge in [-0.15, -0.1) is 0 Å². The van der Waals surface area contributed by atoms with Gasteiger partial charge in [-0.1, -0.05) is 6.07 Å². The molecule has 82 valence electrons. The van der Waals surface area contributed by atoms with Crippen molar-refractivity contribution in [3.63, 3.8) is 0 Å². The van der Waals surface area contributed by atoms with Gasteiger partial charge < -0.3 is 5.73 Å². The summed E-state index contributed by atoms with van der Waals surface area (Å²) in [5, 5.41) is 0. The molecule has 4 heteroatoms. The molecule has 16 heavy (non-hydrogen) atoms. The van der Waals surface area contributed by atoms with Crippen LogP contribution >= 0.6 is 0 Å². The summed E-state index contributed by atoms with van der Waals surface area (Å²) in [6.07, 6.45) is 2.91. The summed E-state index contributed by atoms with van der Waals surface area (Å²) in [5.74, 6) is 0.0468. The van der Waals surface area contributed by atoms with Gasteiger partial charge in [-0.25, -0.2) is 9.37 Å². The average Bonchev–Trinajstić information content (AvgIpc) is 2.19. The Kier molecular flexibility index (Phi) is 2.56. The zero-order valence-electron chi connectivity index (χ0n) is 9.16. The van der Waals surface area contributed by atoms with E-state index < -0.39 is 0 Å². The van der Waals surface area contributed by atoms with Crippen molar-refractivity contribution in [1.82, 2.24) is 9.97 Å². The van der Waals surface area contributed by atoms with Crippen LogP contribution in [0.5, 0.6) is 0 Å². The maximum absolute atomic E-state index is 13.8. The van der Waals surface area contributed by atoms with E-state index in [9.17, 15) is 4.39 Å². The van der Waals surface area contributed by atoms with Gasteiger partial charge in [0.25, 0.3) is 0 Å². The van der Waals surface area contributed by atoms with E-state index in [1.807, 2.05) is 19.9 Å². The Morgan fingerprint density at radius 1 is 1.12 bits per heavy atom. The standard InChI is InChI=1S/C12H12FN3/c1-7-3-8(2)12(9(13)4-7)10-5-16-11(14)6-15-10/h3-6H,1-2H3,(H2,14,16). The molecule has 2 aromatic rings. The van der Waals surface area contributed by atoms with Crippen LogP contribution in [0, 0.1) is 19.7 Å². The average molecular weight is 217 g/mol. The molecule has 0 unspecified atom stereocenters. The second-order valence-electron chi connectivity index (χ2n) is 3.77. The van der Waals surface area contributed by atoms with Crippen LogP contribution in [0.4, 0.5) is 10.2 Å². The Morgan fingerprint density at radius 2 is 1.88 bits per heavy atom. The highest BCUT2D eigenvalue weighted by molar-refractivity contribution is 5.64. The summed E-state index contributed by atoms with van der Waals surface area (Å²) < 4.78 is 13.8. The SMILES string of the molecule is Cc1cc(C)c(-c2cnc(N)cn2)c(F)c1. The lowest BCUT2D eigenvalue weighted by Crippen LogP contribution is -1.96. The molecule has 0 aliphatic heterocycles. The van der Waals surface area contributed by atoms with Gasteiger partial charge in [0, 0.05) is 5.56 Å². The van der Waals surface area contributed by atoms with Gasteiger partial charge in [-0.05, 0) is 31.0 Å². The predicted octanol–water partition coefficient (Wildman–Crippen LogP) is 2.48. The van der Waals surface area contributed by atoms with E-state index in [1.165, 1.54) is 18.5 Å². The van der Waals surface area contributed by atoms with Gasteiger partial charge >= 0.3 is 0 Å². The molecule has 1 aromatic carbocycles. The fraction of sp³-hybridized carbons (Fsp3) is 0.167. The summed E-state index contributed by atoms with van der Waals surface area (Å²) in [7, 11) is 0. The molecule has 0 saturated heterocycles. The van der Waals surface area contributed by atoms with E-state index in [2.05, 4.69) is 9.97 Å². The second-order valence-corrected chi connectivity index (χ2v) is 3.77. The molecular formula is C12H12FN3. The van der Waals surface area contributed by atoms with Crippen LogP contribution in [0.1, 0.15) is 11.1 Å². The smallest absolute Gasteiger partial charge is 0.141 e. The lowest BCUT2D eigenvalue weighted by molar-refractivity contribution is 0.628. The van der Waals surface area contributed by atoms with Gasteiger partial charge in [-0.2, -0.15) is 0 Å². The third kappa shape index (κ3) is 1.86. The first kappa shape index (κ1) is 10.5. The van der Waals surface area contributed by atoms with Gasteiger partial charge in [0.1, 0.15) is 11.6 Å². The number of hydrogen-bond acceptors (Lipinski definition) is 3. The molecule has 1 heterocycles. The molecule has 2 N–H and O–H groups in total. The monoisotopic (exact) mass is 217 g/mol. The van der Waals surface area contributed by atoms with Crippen molar-refractivity contribution in [3.05, 3.63) is 41.5 Å². The van der Waals surface area contributed by atoms with Crippen LogP contribution in [0.2, 0.25) is 0 Å². The molecule has 0 spiro atoms. The van der Waals surface area contributed by atoms with Crippen molar-refractivity contribution in [2.45, 2.75) is 13.8 Å². The first-order valence-corrected chi connectivity index (χ1v) is 4.92. The number of benzene rings is 1. The summed E-state index contributed by atoms with van der Waals surface area (Å²) in [4.78, 5) is 7.98. The number of halogens is 1. The molecule has 2 rings (SSSR count). The Hall–Kier alpha value is -1.97. The number of aromatic nitrogens is 2. The fourth-order valence-corrected chi connectivity index (χ4v) is 1.71. The number of nitrogens with two attached hydrogens (primary N) is 1. The predicted molar refractivity (Wildman–Crippen MR) is 61.3 cm³/mol. The molecule has 0 bridgehead atoms. The zero-order valence-corrected chi connectivity index (χ0v) is 9.16. The third-order valence-corrected chi connectivity index (χ3v) is 2.36. The minimum atomic E-state index is -0.281. The number of nitrogen functional groups attached to an aromatic ring is 1. The Morgan fingerprint density at radius 3 is 2.44 bits per heavy atom. The summed E-state index contributed by atoms with van der Waals surface area (Å²) in [6, 6.07) is 3.40. The van der Waals surface area contributed by atoms with Crippen LogP contribution in [0.15, 0.2) is 24.5 Å². The van der Waals surface area contributed by atoms with E-state index in [0.29, 0.717) is 17.1 Å². The molecule has 0 radical (unpaired) electrons. The van der Waals surface area contributed by atoms with Crippen LogP contribution < -0.4 is 5.73 Å². The lowest BCUT2D eigenvalue weighted by atomic mass is 10.0. The van der Waals surface area contributed by atoms with Crippen molar-refractivity contribution < 1.29 is 4.39 Å². The quantitative estimate of drug-likeness (QED) is 0.798. The van der Waals surface area contributed by atoms with E-state index in [-0.39, 0.29) is 5.82 Å². The second kappa shape index (κ2) is 3.89. The maximum atomic E-state index is 13.8. The van der Waals surface area contributed by atoms with Gasteiger partial charge in [0.15, 0.2) is 0 Å². The number of aryl methyl sites for hydroxylation is 2. The third-order valence-electron chi connectivity index (χ3n) is 2.36. The summed E-state index contributed by atoms with van der Waals surface area (Å²) >= 11 is 0. The molecule has 0 atom stereocenters. The highest BCUT2D eigenvalue weighted by Gasteiger charge is 2.10. The first-order chi connectivity index (χ1) is 7.58. The van der Waals surface area contributed by atoms with Crippen LogP contribution in [0.3, 0.4) is 0 Å². The van der Waals surface area contributed by atoms with Crippen molar-refractivity contribution >= 4 is 5.82 Å². The number of nitrogens with zero attached hydrogens (tertiary/aromatic N) is 2. The van der Waals surface area contributed by atoms with Gasteiger partial charge in [-0.3, -0.25) is 4.98 Å². The number of rotatable bonds is 1. The molecule has 0 saturated carbocycles. The Labute approximate surface area is 93.2 Å².